The molecule has 0 unspecified atom stereocenters. The van der Waals surface area contributed by atoms with Crippen LogP contribution in [0.3, 0.4) is 0 Å². The molecule has 0 aliphatic carbocycles. The van der Waals surface area contributed by atoms with Crippen molar-refractivity contribution in [2.24, 2.45) is 0 Å². The van der Waals surface area contributed by atoms with Crippen LogP contribution in [-0.2, 0) is 26.2 Å². The molecule has 30 heavy (non-hydrogen) atoms. The minimum Gasteiger partial charge on any atom is -0.473 e. The van der Waals surface area contributed by atoms with Crippen LogP contribution < -0.4 is 0 Å². The minimum atomic E-state index is -3.54. The van der Waals surface area contributed by atoms with E-state index in [4.69, 9.17) is 19.8 Å². The van der Waals surface area contributed by atoms with Gasteiger partial charge in [-0.1, -0.05) is 24.3 Å². The molecule has 1 heterocycles. The fraction of sp³-hybridized carbons (Fsp3) is 0.300. The molecule has 162 valence electrons. The first kappa shape index (κ1) is 23.5. The Labute approximate surface area is 174 Å². The molecule has 0 spiro atoms. The second-order valence-corrected chi connectivity index (χ2v) is 8.61. The van der Waals surface area contributed by atoms with Gasteiger partial charge in [0.1, 0.15) is 5.82 Å². The lowest BCUT2D eigenvalue weighted by molar-refractivity contribution is -0.159. The average Bonchev–Trinajstić information content (AvgIpc) is 2.71. The zero-order valence-electron chi connectivity index (χ0n) is 16.4. The zero-order chi connectivity index (χ0) is 22.3. The van der Waals surface area contributed by atoms with Crippen LogP contribution in [0.15, 0.2) is 53.4 Å². The predicted molar refractivity (Wildman–Crippen MR) is 107 cm³/mol. The van der Waals surface area contributed by atoms with Crippen molar-refractivity contribution in [3.8, 4) is 0 Å². The van der Waals surface area contributed by atoms with Crippen LogP contribution in [0, 0.1) is 12.7 Å². The SMILES string of the molecule is Cc1ccccc1CN1CCN(S(=O)(=O)c2ccc(F)cc2)CC1.O=C(O)C(=O)O. The molecule has 0 radical (unpaired) electrons. The van der Waals surface area contributed by atoms with E-state index in [2.05, 4.69) is 24.0 Å². The van der Waals surface area contributed by atoms with Gasteiger partial charge >= 0.3 is 11.9 Å². The van der Waals surface area contributed by atoms with Crippen LogP contribution in [0.5, 0.6) is 0 Å². The molecule has 1 saturated heterocycles. The standard InChI is InChI=1S/C18H21FN2O2S.C2H2O4/c1-15-4-2-3-5-16(15)14-20-10-12-21(13-11-20)24(22,23)18-8-6-17(19)7-9-18;3-1(4)2(5)6/h2-9H,10-14H2,1H3;(H,3,4)(H,5,6). The quantitative estimate of drug-likeness (QED) is 0.700. The maximum atomic E-state index is 13.0. The number of nitrogens with zero attached hydrogens (tertiary/aromatic N) is 2. The molecule has 0 saturated carbocycles. The average molecular weight is 438 g/mol. The number of aliphatic carboxylic acids is 2. The minimum absolute atomic E-state index is 0.149. The molecule has 1 aliphatic heterocycles. The molecule has 0 aromatic heterocycles. The summed E-state index contributed by atoms with van der Waals surface area (Å²) in [5.41, 5.74) is 2.52. The van der Waals surface area contributed by atoms with Crippen molar-refractivity contribution in [3.63, 3.8) is 0 Å². The molecule has 2 aromatic rings. The summed E-state index contributed by atoms with van der Waals surface area (Å²) < 4.78 is 39.7. The number of sulfonamides is 1. The molecular weight excluding hydrogens is 415 g/mol. The molecule has 2 aromatic carbocycles. The molecular formula is C20H23FN2O6S. The van der Waals surface area contributed by atoms with Gasteiger partial charge in [0.25, 0.3) is 0 Å². The number of piperazine rings is 1. The molecule has 0 bridgehead atoms. The summed E-state index contributed by atoms with van der Waals surface area (Å²) >= 11 is 0. The zero-order valence-corrected chi connectivity index (χ0v) is 17.2. The number of carbonyl (C=O) groups is 2. The Morgan fingerprint density at radius 3 is 1.97 bits per heavy atom. The van der Waals surface area contributed by atoms with E-state index in [0.29, 0.717) is 26.2 Å². The van der Waals surface area contributed by atoms with Gasteiger partial charge in [0.15, 0.2) is 0 Å². The van der Waals surface area contributed by atoms with Gasteiger partial charge in [0.2, 0.25) is 10.0 Å². The van der Waals surface area contributed by atoms with Crippen LogP contribution in [0.2, 0.25) is 0 Å². The van der Waals surface area contributed by atoms with E-state index in [9.17, 15) is 12.8 Å². The monoisotopic (exact) mass is 438 g/mol. The van der Waals surface area contributed by atoms with Crippen LogP contribution in [-0.4, -0.2) is 66.0 Å². The summed E-state index contributed by atoms with van der Waals surface area (Å²) in [4.78, 5) is 20.6. The van der Waals surface area contributed by atoms with Crippen molar-refractivity contribution in [1.82, 2.24) is 9.21 Å². The Kier molecular flexibility index (Phi) is 8.04. The van der Waals surface area contributed by atoms with Gasteiger partial charge in [-0.05, 0) is 42.3 Å². The molecule has 2 N–H and O–H groups in total. The highest BCUT2D eigenvalue weighted by Gasteiger charge is 2.28. The molecule has 0 amide bonds. The second-order valence-electron chi connectivity index (χ2n) is 6.67. The Morgan fingerprint density at radius 1 is 0.933 bits per heavy atom. The Bertz CT molecular complexity index is 975. The Balaban J connectivity index is 0.000000469. The van der Waals surface area contributed by atoms with E-state index < -0.39 is 27.8 Å². The van der Waals surface area contributed by atoms with Gasteiger partial charge in [-0.2, -0.15) is 4.31 Å². The van der Waals surface area contributed by atoms with Gasteiger partial charge in [0, 0.05) is 32.7 Å². The highest BCUT2D eigenvalue weighted by Crippen LogP contribution is 2.19. The van der Waals surface area contributed by atoms with E-state index in [1.165, 1.54) is 39.7 Å². The number of carboxylic acid groups (broad SMARTS) is 2. The predicted octanol–water partition coefficient (Wildman–Crippen LogP) is 1.80. The Hall–Kier alpha value is -2.82. The first-order chi connectivity index (χ1) is 14.1. The van der Waals surface area contributed by atoms with E-state index in [1.807, 2.05) is 12.1 Å². The summed E-state index contributed by atoms with van der Waals surface area (Å²) in [6.45, 7) is 5.20. The van der Waals surface area contributed by atoms with Crippen LogP contribution in [0.4, 0.5) is 4.39 Å². The largest absolute Gasteiger partial charge is 0.473 e. The normalized spacial score (nSPS) is 15.1. The molecule has 1 fully saturated rings. The number of halogens is 1. The lowest BCUT2D eigenvalue weighted by Crippen LogP contribution is -2.48. The van der Waals surface area contributed by atoms with Crippen LogP contribution >= 0.6 is 0 Å². The highest BCUT2D eigenvalue weighted by atomic mass is 32.2. The summed E-state index contributed by atoms with van der Waals surface area (Å²) in [6, 6.07) is 13.3. The topological polar surface area (TPSA) is 115 Å². The van der Waals surface area contributed by atoms with E-state index in [0.717, 1.165) is 6.54 Å². The smallest absolute Gasteiger partial charge is 0.414 e. The van der Waals surface area contributed by atoms with Gasteiger partial charge < -0.3 is 10.2 Å². The summed E-state index contributed by atoms with van der Waals surface area (Å²) in [5.74, 6) is -4.08. The molecule has 10 heteroatoms. The maximum absolute atomic E-state index is 13.0. The van der Waals surface area contributed by atoms with Crippen molar-refractivity contribution in [1.29, 1.82) is 0 Å². The second kappa shape index (κ2) is 10.3. The molecule has 3 rings (SSSR count). The van der Waals surface area contributed by atoms with E-state index in [1.54, 1.807) is 0 Å². The first-order valence-corrected chi connectivity index (χ1v) is 10.5. The lowest BCUT2D eigenvalue weighted by Gasteiger charge is -2.34. The summed E-state index contributed by atoms with van der Waals surface area (Å²) in [7, 11) is -3.54. The van der Waals surface area contributed by atoms with Crippen molar-refractivity contribution < 1.29 is 32.6 Å². The molecule has 0 atom stereocenters. The molecule has 1 aliphatic rings. The van der Waals surface area contributed by atoms with E-state index in [-0.39, 0.29) is 4.90 Å². The number of hydrogen-bond donors (Lipinski definition) is 2. The van der Waals surface area contributed by atoms with Crippen molar-refractivity contribution in [2.75, 3.05) is 26.2 Å². The van der Waals surface area contributed by atoms with Crippen molar-refractivity contribution >= 4 is 22.0 Å². The summed E-state index contributed by atoms with van der Waals surface area (Å²) in [6.07, 6.45) is 0. The van der Waals surface area contributed by atoms with Crippen LogP contribution in [0.25, 0.3) is 0 Å². The number of carboxylic acids is 2. The van der Waals surface area contributed by atoms with Gasteiger partial charge in [0.05, 0.1) is 4.90 Å². The first-order valence-electron chi connectivity index (χ1n) is 9.10. The van der Waals surface area contributed by atoms with Crippen molar-refractivity contribution in [2.45, 2.75) is 18.4 Å². The lowest BCUT2D eigenvalue weighted by atomic mass is 10.1. The number of aryl methyl sites for hydroxylation is 1. The fourth-order valence-corrected chi connectivity index (χ4v) is 4.33. The van der Waals surface area contributed by atoms with Gasteiger partial charge in [-0.3, -0.25) is 4.90 Å². The van der Waals surface area contributed by atoms with Crippen molar-refractivity contribution in [3.05, 3.63) is 65.5 Å². The number of rotatable bonds is 4. The highest BCUT2D eigenvalue weighted by molar-refractivity contribution is 7.89. The fourth-order valence-electron chi connectivity index (χ4n) is 2.91. The van der Waals surface area contributed by atoms with Gasteiger partial charge in [-0.15, -0.1) is 0 Å². The third-order valence-corrected chi connectivity index (χ3v) is 6.53. The van der Waals surface area contributed by atoms with Crippen LogP contribution in [0.1, 0.15) is 11.1 Å². The Morgan fingerprint density at radius 2 is 1.47 bits per heavy atom. The number of benzene rings is 2. The molecule has 8 nitrogen and oxygen atoms in total. The summed E-state index contributed by atoms with van der Waals surface area (Å²) in [5, 5.41) is 14.8. The third-order valence-electron chi connectivity index (χ3n) is 4.62. The van der Waals surface area contributed by atoms with E-state index >= 15 is 0 Å². The maximum Gasteiger partial charge on any atom is 0.414 e. The van der Waals surface area contributed by atoms with Gasteiger partial charge in [-0.25, -0.2) is 22.4 Å². The third kappa shape index (κ3) is 6.34. The number of hydrogen-bond acceptors (Lipinski definition) is 5.